The van der Waals surface area contributed by atoms with E-state index in [-0.39, 0.29) is 0 Å². The number of carbonyl (C=O) groups excluding carboxylic acids is 2. The van der Waals surface area contributed by atoms with Gasteiger partial charge in [-0.25, -0.2) is 0 Å². The molecule has 0 bridgehead atoms. The number of aldehydes is 1. The fraction of sp³-hybridized carbons (Fsp3) is 0.200. The Hall–Kier alpha value is -1.29. The van der Waals surface area contributed by atoms with Crippen LogP contribution in [-0.2, 0) is 14.3 Å². The van der Waals surface area contributed by atoms with Crippen LogP contribution in [0.15, 0.2) is 35.2 Å². The number of methoxy groups -OCH3 is 1. The van der Waals surface area contributed by atoms with E-state index in [4.69, 9.17) is 0 Å². The van der Waals surface area contributed by atoms with E-state index < -0.39 is 11.2 Å². The van der Waals surface area contributed by atoms with Gasteiger partial charge in [0.15, 0.2) is 5.25 Å². The first kappa shape index (κ1) is 10.8. The molecule has 0 aliphatic rings. The smallest absolute Gasteiger partial charge is 0.326 e. The molecule has 1 atom stereocenters. The summed E-state index contributed by atoms with van der Waals surface area (Å²) < 4.78 is 4.48. The molecular formula is C10H10O3S. The van der Waals surface area contributed by atoms with Gasteiger partial charge in [0, 0.05) is 4.90 Å². The normalized spacial score (nSPS) is 11.8. The molecule has 0 spiro atoms. The van der Waals surface area contributed by atoms with Gasteiger partial charge in [-0.1, -0.05) is 18.2 Å². The third-order valence-electron chi connectivity index (χ3n) is 1.56. The summed E-state index contributed by atoms with van der Waals surface area (Å²) in [5, 5.41) is -0.776. The molecular weight excluding hydrogens is 200 g/mol. The van der Waals surface area contributed by atoms with Crippen molar-refractivity contribution in [2.75, 3.05) is 7.11 Å². The van der Waals surface area contributed by atoms with Crippen molar-refractivity contribution in [3.05, 3.63) is 30.3 Å². The first-order valence-electron chi connectivity index (χ1n) is 4.02. The quantitative estimate of drug-likeness (QED) is 0.327. The monoisotopic (exact) mass is 210 g/mol. The third-order valence-corrected chi connectivity index (χ3v) is 2.67. The maximum Gasteiger partial charge on any atom is 0.326 e. The second-order valence-electron chi connectivity index (χ2n) is 2.51. The summed E-state index contributed by atoms with van der Waals surface area (Å²) in [6.45, 7) is 0. The fourth-order valence-corrected chi connectivity index (χ4v) is 1.75. The summed E-state index contributed by atoms with van der Waals surface area (Å²) in [4.78, 5) is 22.5. The topological polar surface area (TPSA) is 43.4 Å². The number of benzene rings is 1. The van der Waals surface area contributed by atoms with Crippen molar-refractivity contribution < 1.29 is 14.3 Å². The van der Waals surface area contributed by atoms with Crippen LogP contribution < -0.4 is 0 Å². The lowest BCUT2D eigenvalue weighted by molar-refractivity contribution is -0.140. The lowest BCUT2D eigenvalue weighted by atomic mass is 10.4. The number of esters is 1. The predicted molar refractivity (Wildman–Crippen MR) is 54.2 cm³/mol. The summed E-state index contributed by atoms with van der Waals surface area (Å²) in [5.41, 5.74) is 0. The van der Waals surface area contributed by atoms with Gasteiger partial charge in [-0.05, 0) is 12.1 Å². The van der Waals surface area contributed by atoms with Crippen LogP contribution in [-0.4, -0.2) is 24.6 Å². The summed E-state index contributed by atoms with van der Waals surface area (Å²) in [7, 11) is 1.27. The van der Waals surface area contributed by atoms with Gasteiger partial charge < -0.3 is 9.53 Å². The Morgan fingerprint density at radius 1 is 1.43 bits per heavy atom. The summed E-state index contributed by atoms with van der Waals surface area (Å²) in [5.74, 6) is -0.520. The lowest BCUT2D eigenvalue weighted by Gasteiger charge is -2.06. The summed E-state index contributed by atoms with van der Waals surface area (Å²) in [6.07, 6.45) is 0.587. The molecule has 0 N–H and O–H groups in total. The molecule has 3 nitrogen and oxygen atoms in total. The molecule has 0 saturated heterocycles. The van der Waals surface area contributed by atoms with Crippen molar-refractivity contribution in [1.82, 2.24) is 0 Å². The summed E-state index contributed by atoms with van der Waals surface area (Å²) in [6, 6.07) is 9.25. The fourth-order valence-electron chi connectivity index (χ4n) is 0.893. The predicted octanol–water partition coefficient (Wildman–Crippen LogP) is 1.52. The first-order valence-corrected chi connectivity index (χ1v) is 4.90. The number of carbonyl (C=O) groups is 2. The SMILES string of the molecule is COC(=O)C(C=O)Sc1ccccc1. The second-order valence-corrected chi connectivity index (χ2v) is 3.73. The Balaban J connectivity index is 2.66. The van der Waals surface area contributed by atoms with E-state index in [1.807, 2.05) is 30.3 Å². The standard InChI is InChI=1S/C10H10O3S/c1-13-10(12)9(7-11)14-8-5-3-2-4-6-8/h2-7,9H,1H3. The molecule has 1 aromatic carbocycles. The number of hydrogen-bond donors (Lipinski definition) is 0. The van der Waals surface area contributed by atoms with E-state index in [2.05, 4.69) is 4.74 Å². The molecule has 0 amide bonds. The van der Waals surface area contributed by atoms with Gasteiger partial charge in [0.1, 0.15) is 6.29 Å². The van der Waals surface area contributed by atoms with Gasteiger partial charge in [-0.3, -0.25) is 4.79 Å². The Morgan fingerprint density at radius 3 is 2.57 bits per heavy atom. The highest BCUT2D eigenvalue weighted by Crippen LogP contribution is 2.22. The van der Waals surface area contributed by atoms with Crippen LogP contribution in [0.2, 0.25) is 0 Å². The molecule has 0 aliphatic carbocycles. The van der Waals surface area contributed by atoms with Crippen LogP contribution >= 0.6 is 11.8 Å². The van der Waals surface area contributed by atoms with E-state index in [9.17, 15) is 9.59 Å². The molecule has 0 fully saturated rings. The van der Waals surface area contributed by atoms with Crippen molar-refractivity contribution in [1.29, 1.82) is 0 Å². The molecule has 74 valence electrons. The average Bonchev–Trinajstić information content (AvgIpc) is 2.26. The largest absolute Gasteiger partial charge is 0.468 e. The van der Waals surface area contributed by atoms with E-state index >= 15 is 0 Å². The number of rotatable bonds is 4. The van der Waals surface area contributed by atoms with Crippen LogP contribution in [0, 0.1) is 0 Å². The maximum atomic E-state index is 11.1. The molecule has 0 aliphatic heterocycles. The van der Waals surface area contributed by atoms with Crippen molar-refractivity contribution >= 4 is 24.0 Å². The van der Waals surface area contributed by atoms with Crippen molar-refractivity contribution in [3.63, 3.8) is 0 Å². The van der Waals surface area contributed by atoms with Crippen LogP contribution in [0.5, 0.6) is 0 Å². The van der Waals surface area contributed by atoms with Crippen LogP contribution in [0.1, 0.15) is 0 Å². The highest BCUT2D eigenvalue weighted by Gasteiger charge is 2.19. The minimum absolute atomic E-state index is 0.520. The summed E-state index contributed by atoms with van der Waals surface area (Å²) >= 11 is 1.18. The van der Waals surface area contributed by atoms with E-state index in [0.717, 1.165) is 4.90 Å². The van der Waals surface area contributed by atoms with Gasteiger partial charge in [-0.15, -0.1) is 11.8 Å². The molecule has 0 aromatic heterocycles. The average molecular weight is 210 g/mol. The van der Waals surface area contributed by atoms with E-state index in [0.29, 0.717) is 6.29 Å². The molecule has 0 heterocycles. The zero-order chi connectivity index (χ0) is 10.4. The van der Waals surface area contributed by atoms with Crippen molar-refractivity contribution in [3.8, 4) is 0 Å². The van der Waals surface area contributed by atoms with Gasteiger partial charge >= 0.3 is 5.97 Å². The Labute approximate surface area is 86.5 Å². The van der Waals surface area contributed by atoms with Crippen LogP contribution in [0.3, 0.4) is 0 Å². The van der Waals surface area contributed by atoms with Crippen molar-refractivity contribution in [2.24, 2.45) is 0 Å². The molecule has 0 radical (unpaired) electrons. The zero-order valence-corrected chi connectivity index (χ0v) is 8.49. The Bertz CT molecular complexity index is 310. The second kappa shape index (κ2) is 5.44. The molecule has 0 saturated carbocycles. The molecule has 1 unspecified atom stereocenters. The maximum absolute atomic E-state index is 11.1. The van der Waals surface area contributed by atoms with Crippen LogP contribution in [0.4, 0.5) is 0 Å². The highest BCUT2D eigenvalue weighted by molar-refractivity contribution is 8.01. The van der Waals surface area contributed by atoms with Gasteiger partial charge in [-0.2, -0.15) is 0 Å². The van der Waals surface area contributed by atoms with Gasteiger partial charge in [0.2, 0.25) is 0 Å². The minimum atomic E-state index is -0.776. The number of hydrogen-bond acceptors (Lipinski definition) is 4. The highest BCUT2D eigenvalue weighted by atomic mass is 32.2. The molecule has 14 heavy (non-hydrogen) atoms. The molecule has 4 heteroatoms. The minimum Gasteiger partial charge on any atom is -0.468 e. The van der Waals surface area contributed by atoms with E-state index in [1.54, 1.807) is 0 Å². The first-order chi connectivity index (χ1) is 6.77. The van der Waals surface area contributed by atoms with Gasteiger partial charge in [0.25, 0.3) is 0 Å². The third kappa shape index (κ3) is 2.88. The number of ether oxygens (including phenoxy) is 1. The Kier molecular flexibility index (Phi) is 4.19. The zero-order valence-electron chi connectivity index (χ0n) is 7.67. The Morgan fingerprint density at radius 2 is 2.07 bits per heavy atom. The number of thioether (sulfide) groups is 1. The molecule has 1 aromatic rings. The van der Waals surface area contributed by atoms with E-state index in [1.165, 1.54) is 18.9 Å². The van der Waals surface area contributed by atoms with Gasteiger partial charge in [0.05, 0.1) is 7.11 Å². The van der Waals surface area contributed by atoms with Crippen molar-refractivity contribution in [2.45, 2.75) is 10.1 Å². The van der Waals surface area contributed by atoms with Crippen LogP contribution in [0.25, 0.3) is 0 Å². The molecule has 1 rings (SSSR count). The lowest BCUT2D eigenvalue weighted by Crippen LogP contribution is -2.19.